The van der Waals surface area contributed by atoms with Crippen LogP contribution in [0.2, 0.25) is 0 Å². The van der Waals surface area contributed by atoms with Gasteiger partial charge in [0.1, 0.15) is 10.0 Å². The average molecular weight is 308 g/mol. The van der Waals surface area contributed by atoms with Crippen molar-refractivity contribution in [3.63, 3.8) is 0 Å². The van der Waals surface area contributed by atoms with E-state index < -0.39 is 11.6 Å². The molecule has 0 bridgehead atoms. The average Bonchev–Trinajstić information content (AvgIpc) is 2.14. The van der Waals surface area contributed by atoms with Crippen LogP contribution in [0.1, 0.15) is 19.5 Å². The number of hydrogen-bond acceptors (Lipinski definition) is 3. The lowest BCUT2D eigenvalue weighted by molar-refractivity contribution is -0.190. The van der Waals surface area contributed by atoms with Crippen LogP contribution in [0.5, 0.6) is 0 Å². The Morgan fingerprint density at radius 3 is 2.41 bits per heavy atom. The van der Waals surface area contributed by atoms with Crippen LogP contribution in [0.3, 0.4) is 0 Å². The molecular formula is C10H9BrF3N3. The molecule has 0 radical (unpaired) electrons. The fraction of sp³-hybridized carbons (Fsp3) is 0.400. The van der Waals surface area contributed by atoms with E-state index in [9.17, 15) is 13.2 Å². The van der Waals surface area contributed by atoms with E-state index in [-0.39, 0.29) is 11.5 Å². The Labute approximate surface area is 105 Å². The summed E-state index contributed by atoms with van der Waals surface area (Å²) in [4.78, 5) is 7.57. The molecule has 17 heavy (non-hydrogen) atoms. The molecule has 0 unspecified atom stereocenters. The largest absolute Gasteiger partial charge is 0.404 e. The molecule has 1 aromatic rings. The Hall–Kier alpha value is -1.29. The van der Waals surface area contributed by atoms with Crippen molar-refractivity contribution in [2.24, 2.45) is 5.41 Å². The summed E-state index contributed by atoms with van der Waals surface area (Å²) >= 11 is 3.04. The van der Waals surface area contributed by atoms with Gasteiger partial charge in [-0.05, 0) is 35.7 Å². The Bertz CT molecular complexity index is 486. The van der Waals surface area contributed by atoms with Gasteiger partial charge in [0.25, 0.3) is 0 Å². The highest BCUT2D eigenvalue weighted by Crippen LogP contribution is 2.36. The van der Waals surface area contributed by atoms with E-state index in [1.807, 2.05) is 0 Å². The monoisotopic (exact) mass is 307 g/mol. The summed E-state index contributed by atoms with van der Waals surface area (Å²) in [5.74, 6) is 4.39. The van der Waals surface area contributed by atoms with Crippen molar-refractivity contribution >= 4 is 21.7 Å². The Balaban J connectivity index is 3.08. The maximum atomic E-state index is 12.5. The number of nitrogens with zero attached hydrogens (tertiary/aromatic N) is 2. The first kappa shape index (κ1) is 13.8. The van der Waals surface area contributed by atoms with E-state index in [1.165, 1.54) is 6.20 Å². The molecule has 3 nitrogen and oxygen atoms in total. The van der Waals surface area contributed by atoms with Crippen LogP contribution in [-0.2, 0) is 0 Å². The number of alkyl halides is 3. The molecule has 1 aromatic heterocycles. The van der Waals surface area contributed by atoms with Gasteiger partial charge in [0, 0.05) is 0 Å². The highest BCUT2D eigenvalue weighted by atomic mass is 79.9. The Kier molecular flexibility index (Phi) is 3.67. The third kappa shape index (κ3) is 3.33. The summed E-state index contributed by atoms with van der Waals surface area (Å²) in [7, 11) is 0. The molecule has 1 heterocycles. The molecule has 0 fully saturated rings. The highest BCUT2D eigenvalue weighted by molar-refractivity contribution is 9.10. The van der Waals surface area contributed by atoms with Crippen LogP contribution < -0.4 is 5.73 Å². The molecule has 92 valence electrons. The topological polar surface area (TPSA) is 51.8 Å². The standard InChI is InChI=1S/C10H9BrF3N3/c1-9(2,10(12,13)14)4-3-6-8(15)17-7(11)5-16-6/h5H,1-2H3,(H2,15,17). The van der Waals surface area contributed by atoms with Gasteiger partial charge in [-0.2, -0.15) is 13.2 Å². The molecule has 0 aliphatic carbocycles. The lowest BCUT2D eigenvalue weighted by atomic mass is 9.93. The third-order valence-corrected chi connectivity index (χ3v) is 2.35. The molecule has 1 rings (SSSR count). The summed E-state index contributed by atoms with van der Waals surface area (Å²) in [6.45, 7) is 1.98. The number of nitrogen functional groups attached to an aromatic ring is 1. The number of rotatable bonds is 0. The summed E-state index contributed by atoms with van der Waals surface area (Å²) in [5.41, 5.74) is 3.39. The van der Waals surface area contributed by atoms with Crippen LogP contribution in [0.15, 0.2) is 10.8 Å². The van der Waals surface area contributed by atoms with Crippen molar-refractivity contribution in [1.82, 2.24) is 9.97 Å². The normalized spacial score (nSPS) is 11.9. The van der Waals surface area contributed by atoms with Gasteiger partial charge < -0.3 is 5.73 Å². The van der Waals surface area contributed by atoms with Crippen LogP contribution in [0, 0.1) is 17.3 Å². The molecule has 0 aromatic carbocycles. The number of nitrogens with two attached hydrogens (primary N) is 1. The van der Waals surface area contributed by atoms with Gasteiger partial charge in [-0.15, -0.1) is 0 Å². The van der Waals surface area contributed by atoms with E-state index in [2.05, 4.69) is 37.7 Å². The van der Waals surface area contributed by atoms with Gasteiger partial charge in [0.2, 0.25) is 0 Å². The van der Waals surface area contributed by atoms with Crippen LogP contribution in [0.25, 0.3) is 0 Å². The first-order chi connectivity index (χ1) is 7.63. The SMILES string of the molecule is CC(C)(C#Cc1ncc(Br)nc1N)C(F)(F)F. The van der Waals surface area contributed by atoms with E-state index >= 15 is 0 Å². The maximum absolute atomic E-state index is 12.5. The molecule has 0 saturated carbocycles. The van der Waals surface area contributed by atoms with Crippen molar-refractivity contribution in [2.75, 3.05) is 5.73 Å². The van der Waals surface area contributed by atoms with Gasteiger partial charge in [0.05, 0.1) is 6.20 Å². The maximum Gasteiger partial charge on any atom is 0.404 e. The second-order valence-corrected chi connectivity index (χ2v) is 4.61. The van der Waals surface area contributed by atoms with Crippen molar-refractivity contribution in [1.29, 1.82) is 0 Å². The second kappa shape index (κ2) is 4.53. The van der Waals surface area contributed by atoms with Crippen LogP contribution >= 0.6 is 15.9 Å². The minimum Gasteiger partial charge on any atom is -0.381 e. The molecule has 0 aliphatic rings. The molecule has 0 spiro atoms. The highest BCUT2D eigenvalue weighted by Gasteiger charge is 2.46. The third-order valence-electron chi connectivity index (χ3n) is 1.97. The first-order valence-electron chi connectivity index (χ1n) is 4.51. The Morgan fingerprint density at radius 2 is 1.94 bits per heavy atom. The van der Waals surface area contributed by atoms with Gasteiger partial charge in [0.15, 0.2) is 11.5 Å². The molecule has 0 amide bonds. The molecule has 0 aliphatic heterocycles. The molecule has 0 atom stereocenters. The van der Waals surface area contributed by atoms with Crippen molar-refractivity contribution in [3.8, 4) is 11.8 Å². The number of anilines is 1. The van der Waals surface area contributed by atoms with Gasteiger partial charge in [-0.3, -0.25) is 0 Å². The first-order valence-corrected chi connectivity index (χ1v) is 5.31. The predicted molar refractivity (Wildman–Crippen MR) is 60.9 cm³/mol. The summed E-state index contributed by atoms with van der Waals surface area (Å²) in [6.07, 6.45) is -3.08. The summed E-state index contributed by atoms with van der Waals surface area (Å²) < 4.78 is 38.0. The number of hydrogen-bond donors (Lipinski definition) is 1. The lowest BCUT2D eigenvalue weighted by Gasteiger charge is -2.21. The lowest BCUT2D eigenvalue weighted by Crippen LogP contribution is -2.30. The van der Waals surface area contributed by atoms with Crippen molar-refractivity contribution < 1.29 is 13.2 Å². The summed E-state index contributed by atoms with van der Waals surface area (Å²) in [5, 5.41) is 0. The molecule has 2 N–H and O–H groups in total. The van der Waals surface area contributed by atoms with E-state index in [0.29, 0.717) is 4.60 Å². The van der Waals surface area contributed by atoms with Crippen LogP contribution in [-0.4, -0.2) is 16.1 Å². The van der Waals surface area contributed by atoms with E-state index in [1.54, 1.807) is 0 Å². The van der Waals surface area contributed by atoms with Crippen molar-refractivity contribution in [2.45, 2.75) is 20.0 Å². The quantitative estimate of drug-likeness (QED) is 0.750. The van der Waals surface area contributed by atoms with Gasteiger partial charge >= 0.3 is 6.18 Å². The minimum absolute atomic E-state index is 0.00940. The number of halogens is 4. The molecular weight excluding hydrogens is 299 g/mol. The smallest absolute Gasteiger partial charge is 0.381 e. The summed E-state index contributed by atoms with van der Waals surface area (Å²) in [6, 6.07) is 0. The van der Waals surface area contributed by atoms with E-state index in [0.717, 1.165) is 13.8 Å². The van der Waals surface area contributed by atoms with Gasteiger partial charge in [-0.1, -0.05) is 5.92 Å². The van der Waals surface area contributed by atoms with Crippen LogP contribution in [0.4, 0.5) is 19.0 Å². The second-order valence-electron chi connectivity index (χ2n) is 3.80. The Morgan fingerprint density at radius 1 is 1.35 bits per heavy atom. The fourth-order valence-corrected chi connectivity index (χ4v) is 1.06. The minimum atomic E-state index is -4.41. The zero-order valence-electron chi connectivity index (χ0n) is 9.06. The predicted octanol–water partition coefficient (Wildman–Crippen LogP) is 2.76. The van der Waals surface area contributed by atoms with E-state index in [4.69, 9.17) is 5.73 Å². The zero-order chi connectivity index (χ0) is 13.3. The van der Waals surface area contributed by atoms with Gasteiger partial charge in [-0.25, -0.2) is 9.97 Å². The zero-order valence-corrected chi connectivity index (χ0v) is 10.6. The molecule has 0 saturated heterocycles. The van der Waals surface area contributed by atoms with Crippen molar-refractivity contribution in [3.05, 3.63) is 16.5 Å². The molecule has 7 heteroatoms. The number of aromatic nitrogens is 2. The fourth-order valence-electron chi connectivity index (χ4n) is 0.763.